The van der Waals surface area contributed by atoms with Crippen LogP contribution in [0.5, 0.6) is 0 Å². The van der Waals surface area contributed by atoms with Gasteiger partial charge in [-0.15, -0.1) is 0 Å². The lowest BCUT2D eigenvalue weighted by Gasteiger charge is -2.24. The van der Waals surface area contributed by atoms with Crippen molar-refractivity contribution in [2.45, 2.75) is 39.2 Å². The minimum atomic E-state index is -0.922. The molecule has 114 valence electrons. The number of carboxylic acids is 1. The third-order valence-electron chi connectivity index (χ3n) is 3.27. The van der Waals surface area contributed by atoms with Gasteiger partial charge in [-0.05, 0) is 32.6 Å². The van der Waals surface area contributed by atoms with Crippen molar-refractivity contribution >= 4 is 17.9 Å². The Morgan fingerprint density at radius 2 is 1.95 bits per heavy atom. The van der Waals surface area contributed by atoms with Gasteiger partial charge in [0.15, 0.2) is 0 Å². The first-order valence-corrected chi connectivity index (χ1v) is 7.01. The van der Waals surface area contributed by atoms with E-state index in [0.29, 0.717) is 13.1 Å². The molecule has 1 unspecified atom stereocenters. The third kappa shape index (κ3) is 5.46. The van der Waals surface area contributed by atoms with E-state index in [-0.39, 0.29) is 36.9 Å². The molecule has 0 aliphatic heterocycles. The van der Waals surface area contributed by atoms with Gasteiger partial charge in [-0.3, -0.25) is 9.59 Å². The van der Waals surface area contributed by atoms with Gasteiger partial charge in [-0.25, -0.2) is 4.79 Å². The summed E-state index contributed by atoms with van der Waals surface area (Å²) < 4.78 is 0. The number of hydrogen-bond donors (Lipinski definition) is 3. The average Bonchev–Trinajstić information content (AvgIpc) is 3.18. The van der Waals surface area contributed by atoms with E-state index < -0.39 is 5.97 Å². The predicted molar refractivity (Wildman–Crippen MR) is 73.2 cm³/mol. The van der Waals surface area contributed by atoms with Crippen molar-refractivity contribution in [1.82, 2.24) is 15.5 Å². The highest BCUT2D eigenvalue weighted by molar-refractivity contribution is 5.84. The van der Waals surface area contributed by atoms with E-state index in [1.54, 1.807) is 6.92 Å². The van der Waals surface area contributed by atoms with Crippen LogP contribution < -0.4 is 10.6 Å². The van der Waals surface area contributed by atoms with Crippen LogP contribution >= 0.6 is 0 Å². The van der Waals surface area contributed by atoms with Gasteiger partial charge < -0.3 is 20.6 Å². The maximum Gasteiger partial charge on any atom is 0.318 e. The molecule has 1 aliphatic rings. The van der Waals surface area contributed by atoms with Crippen LogP contribution in [0.2, 0.25) is 0 Å². The number of urea groups is 1. The van der Waals surface area contributed by atoms with Crippen LogP contribution in [0.1, 0.15) is 33.1 Å². The number of amides is 3. The molecule has 3 amide bonds. The quantitative estimate of drug-likeness (QED) is 0.601. The second-order valence-electron chi connectivity index (χ2n) is 4.96. The molecule has 3 N–H and O–H groups in total. The summed E-state index contributed by atoms with van der Waals surface area (Å²) in [5.74, 6) is -0.891. The van der Waals surface area contributed by atoms with Crippen LogP contribution in [-0.4, -0.2) is 53.6 Å². The molecule has 0 aromatic rings. The molecular weight excluding hydrogens is 262 g/mol. The lowest BCUT2D eigenvalue weighted by molar-refractivity contribution is -0.137. The van der Waals surface area contributed by atoms with Gasteiger partial charge in [0.1, 0.15) is 6.54 Å². The van der Waals surface area contributed by atoms with Gasteiger partial charge in [0, 0.05) is 19.1 Å². The van der Waals surface area contributed by atoms with Crippen molar-refractivity contribution in [2.24, 2.45) is 5.92 Å². The van der Waals surface area contributed by atoms with Crippen molar-refractivity contribution < 1.29 is 19.5 Å². The minimum absolute atomic E-state index is 0.0133. The molecule has 7 nitrogen and oxygen atoms in total. The largest absolute Gasteiger partial charge is 0.481 e. The smallest absolute Gasteiger partial charge is 0.318 e. The van der Waals surface area contributed by atoms with Crippen molar-refractivity contribution in [1.29, 1.82) is 0 Å². The molecule has 1 saturated carbocycles. The second-order valence-corrected chi connectivity index (χ2v) is 4.96. The van der Waals surface area contributed by atoms with Gasteiger partial charge in [0.2, 0.25) is 5.91 Å². The standard InChI is InChI=1S/C13H23N3O4/c1-3-14-11(17)8-16(4-2)13(20)15-10(7-12(18)19)9-5-6-9/h9-10H,3-8H2,1-2H3,(H,14,17)(H,15,20)(H,18,19). The SMILES string of the molecule is CCNC(=O)CN(CC)C(=O)NC(CC(=O)O)C1CC1. The molecule has 0 aromatic heterocycles. The summed E-state index contributed by atoms with van der Waals surface area (Å²) in [5.41, 5.74) is 0. The van der Waals surface area contributed by atoms with Crippen LogP contribution in [0.25, 0.3) is 0 Å². The maximum atomic E-state index is 12.1. The fraction of sp³-hybridized carbons (Fsp3) is 0.769. The second kappa shape index (κ2) is 7.72. The monoisotopic (exact) mass is 285 g/mol. The van der Waals surface area contributed by atoms with Gasteiger partial charge in [-0.2, -0.15) is 0 Å². The van der Waals surface area contributed by atoms with Crippen molar-refractivity contribution in [3.05, 3.63) is 0 Å². The fourth-order valence-corrected chi connectivity index (χ4v) is 2.03. The Balaban J connectivity index is 2.51. The highest BCUT2D eigenvalue weighted by Crippen LogP contribution is 2.34. The van der Waals surface area contributed by atoms with Gasteiger partial charge in [0.25, 0.3) is 0 Å². The lowest BCUT2D eigenvalue weighted by atomic mass is 10.1. The molecule has 7 heteroatoms. The number of hydrogen-bond acceptors (Lipinski definition) is 3. The Morgan fingerprint density at radius 1 is 1.30 bits per heavy atom. The van der Waals surface area contributed by atoms with Crippen LogP contribution in [0, 0.1) is 5.92 Å². The number of nitrogens with one attached hydrogen (secondary N) is 2. The zero-order valence-electron chi connectivity index (χ0n) is 12.0. The number of rotatable bonds is 8. The number of carbonyl (C=O) groups excluding carboxylic acids is 2. The Hall–Kier alpha value is -1.79. The Labute approximate surface area is 118 Å². The van der Waals surface area contributed by atoms with Crippen LogP contribution in [0.4, 0.5) is 4.79 Å². The molecule has 0 spiro atoms. The summed E-state index contributed by atoms with van der Waals surface area (Å²) in [6, 6.07) is -0.722. The molecular formula is C13H23N3O4. The molecule has 1 aliphatic carbocycles. The summed E-state index contributed by atoms with van der Waals surface area (Å²) in [6.07, 6.45) is 1.82. The Kier molecular flexibility index (Phi) is 6.27. The first-order chi connectivity index (χ1) is 9.47. The predicted octanol–water partition coefficient (Wildman–Crippen LogP) is 0.407. The zero-order chi connectivity index (χ0) is 15.1. The first kappa shape index (κ1) is 16.3. The van der Waals surface area contributed by atoms with E-state index in [1.807, 2.05) is 6.92 Å². The highest BCUT2D eigenvalue weighted by Gasteiger charge is 2.34. The van der Waals surface area contributed by atoms with Crippen LogP contribution in [0.3, 0.4) is 0 Å². The van der Waals surface area contributed by atoms with Gasteiger partial charge in [-0.1, -0.05) is 0 Å². The van der Waals surface area contributed by atoms with Gasteiger partial charge in [0.05, 0.1) is 6.42 Å². The van der Waals surface area contributed by atoms with E-state index in [9.17, 15) is 14.4 Å². The summed E-state index contributed by atoms with van der Waals surface area (Å²) >= 11 is 0. The number of carbonyl (C=O) groups is 3. The highest BCUT2D eigenvalue weighted by atomic mass is 16.4. The molecule has 1 fully saturated rings. The van der Waals surface area contributed by atoms with Crippen LogP contribution in [0.15, 0.2) is 0 Å². The molecule has 0 bridgehead atoms. The van der Waals surface area contributed by atoms with E-state index in [2.05, 4.69) is 10.6 Å². The number of aliphatic carboxylic acids is 1. The topological polar surface area (TPSA) is 98.7 Å². The molecule has 0 aromatic carbocycles. The van der Waals surface area contributed by atoms with Gasteiger partial charge >= 0.3 is 12.0 Å². The van der Waals surface area contributed by atoms with E-state index >= 15 is 0 Å². The normalized spacial score (nSPS) is 15.3. The molecule has 0 saturated heterocycles. The van der Waals surface area contributed by atoms with E-state index in [1.165, 1.54) is 4.90 Å². The number of nitrogens with zero attached hydrogens (tertiary/aromatic N) is 1. The van der Waals surface area contributed by atoms with Crippen molar-refractivity contribution in [3.8, 4) is 0 Å². The Bertz CT molecular complexity index is 369. The summed E-state index contributed by atoms with van der Waals surface area (Å²) in [6.45, 7) is 4.49. The minimum Gasteiger partial charge on any atom is -0.481 e. The number of carboxylic acid groups (broad SMARTS) is 1. The maximum absolute atomic E-state index is 12.1. The van der Waals surface area contributed by atoms with Crippen LogP contribution in [-0.2, 0) is 9.59 Å². The summed E-state index contributed by atoms with van der Waals surface area (Å²) in [4.78, 5) is 35.8. The number of likely N-dealkylation sites (N-methyl/N-ethyl adjacent to an activating group) is 2. The molecule has 20 heavy (non-hydrogen) atoms. The van der Waals surface area contributed by atoms with Crippen molar-refractivity contribution in [2.75, 3.05) is 19.6 Å². The van der Waals surface area contributed by atoms with E-state index in [0.717, 1.165) is 12.8 Å². The van der Waals surface area contributed by atoms with E-state index in [4.69, 9.17) is 5.11 Å². The molecule has 0 radical (unpaired) electrons. The molecule has 0 heterocycles. The Morgan fingerprint density at radius 3 is 2.40 bits per heavy atom. The van der Waals surface area contributed by atoms with Crippen molar-refractivity contribution in [3.63, 3.8) is 0 Å². The first-order valence-electron chi connectivity index (χ1n) is 7.01. The fourth-order valence-electron chi connectivity index (χ4n) is 2.03. The molecule has 1 atom stereocenters. The summed E-state index contributed by atoms with van der Waals surface area (Å²) in [5, 5.41) is 14.2. The lowest BCUT2D eigenvalue weighted by Crippen LogP contribution is -2.49. The third-order valence-corrected chi connectivity index (χ3v) is 3.27. The molecule has 1 rings (SSSR count). The zero-order valence-corrected chi connectivity index (χ0v) is 12.0. The summed E-state index contributed by atoms with van der Waals surface area (Å²) in [7, 11) is 0. The average molecular weight is 285 g/mol.